The van der Waals surface area contributed by atoms with Crippen molar-refractivity contribution in [2.45, 2.75) is 163 Å². The zero-order chi connectivity index (χ0) is 72.3. The van der Waals surface area contributed by atoms with Crippen LogP contribution in [0.1, 0.15) is 139 Å². The molecule has 0 saturated carbocycles. The summed E-state index contributed by atoms with van der Waals surface area (Å²) in [5.41, 5.74) is 2.58. The van der Waals surface area contributed by atoms with Gasteiger partial charge in [-0.2, -0.15) is 13.2 Å². The molecule has 1 aromatic heterocycles. The quantitative estimate of drug-likeness (QED) is 0.0217. The monoisotopic (exact) mass is 1470 g/mol. The Hall–Kier alpha value is -6.84. The van der Waals surface area contributed by atoms with Gasteiger partial charge in [0.25, 0.3) is 25.8 Å². The van der Waals surface area contributed by atoms with Gasteiger partial charge in [0.1, 0.15) is 17.0 Å². The second kappa shape index (κ2) is 33.5. The number of allylic oxidation sites excluding steroid dienone is 1. The number of carbonyl (C=O) groups is 4. The molecule has 4 amide bonds. The molecule has 26 heteroatoms. The van der Waals surface area contributed by atoms with Gasteiger partial charge in [0.15, 0.2) is 0 Å². The summed E-state index contributed by atoms with van der Waals surface area (Å²) in [6, 6.07) is 30.9. The van der Waals surface area contributed by atoms with E-state index in [0.29, 0.717) is 56.5 Å². The van der Waals surface area contributed by atoms with Gasteiger partial charge in [-0.05, 0) is 172 Å². The molecular formula is C74H93ClF3N9O9S4. The molecule has 2 aliphatic heterocycles. The lowest BCUT2D eigenvalue weighted by molar-refractivity contribution is -0.144. The number of sulfone groups is 1. The van der Waals surface area contributed by atoms with Gasteiger partial charge in [-0.3, -0.25) is 24.1 Å². The molecule has 6 aromatic rings. The molecule has 0 spiro atoms. The largest absolute Gasteiger partial charge is 0.501 e. The van der Waals surface area contributed by atoms with E-state index in [2.05, 4.69) is 56.7 Å². The Kier molecular flexibility index (Phi) is 25.9. The lowest BCUT2D eigenvalue weighted by Crippen LogP contribution is -2.57. The Morgan fingerprint density at radius 2 is 1.51 bits per heavy atom. The number of unbranched alkanes of at least 4 members (excludes halogenated alkanes) is 3. The van der Waals surface area contributed by atoms with Crippen LogP contribution < -0.4 is 25.6 Å². The number of aryl methyl sites for hydroxylation is 1. The summed E-state index contributed by atoms with van der Waals surface area (Å²) in [5.74, 6) is -1.96. The lowest BCUT2D eigenvalue weighted by Gasteiger charge is -2.39. The van der Waals surface area contributed by atoms with Crippen molar-refractivity contribution < 1.29 is 54.3 Å². The summed E-state index contributed by atoms with van der Waals surface area (Å²) in [5, 5.41) is 20.4. The molecule has 5 atom stereocenters. The molecule has 2 fully saturated rings. The van der Waals surface area contributed by atoms with Crippen LogP contribution in [0.15, 0.2) is 147 Å². The number of nitrogens with one attached hydrogen (secondary N) is 4. The van der Waals surface area contributed by atoms with E-state index in [4.69, 9.17) is 11.6 Å². The highest BCUT2D eigenvalue weighted by molar-refractivity contribution is 7.99. The smallest absolute Gasteiger partial charge is 0.391 e. The normalized spacial score (nSPS) is 18.0. The predicted molar refractivity (Wildman–Crippen MR) is 392 cm³/mol. The van der Waals surface area contributed by atoms with E-state index in [1.807, 2.05) is 118 Å². The van der Waals surface area contributed by atoms with Crippen LogP contribution in [-0.4, -0.2) is 160 Å². The molecule has 0 bridgehead atoms. The number of amides is 4. The zero-order valence-corrected chi connectivity index (χ0v) is 62.1. The Morgan fingerprint density at radius 3 is 2.16 bits per heavy atom. The summed E-state index contributed by atoms with van der Waals surface area (Å²) in [4.78, 5) is 67.3. The molecule has 3 heterocycles. The van der Waals surface area contributed by atoms with Gasteiger partial charge in [0.05, 0.1) is 38.8 Å². The number of anilines is 2. The number of hydrogen-bond acceptors (Lipinski definition) is 16. The molecule has 0 radical (unpaired) electrons. The highest BCUT2D eigenvalue weighted by Crippen LogP contribution is 2.44. The number of thioether (sulfide) groups is 1. The highest BCUT2D eigenvalue weighted by Gasteiger charge is 2.49. The molecular weight excluding hydrogens is 1380 g/mol. The fourth-order valence-corrected chi connectivity index (χ4v) is 17.0. The molecule has 1 aliphatic carbocycles. The van der Waals surface area contributed by atoms with E-state index in [-0.39, 0.29) is 42.0 Å². The van der Waals surface area contributed by atoms with Crippen LogP contribution in [0.3, 0.4) is 0 Å². The van der Waals surface area contributed by atoms with Crippen molar-refractivity contribution in [1.82, 2.24) is 35.0 Å². The lowest BCUT2D eigenvalue weighted by atomic mass is 9.73. The average Bonchev–Trinajstić information content (AvgIpc) is 1.48. The van der Waals surface area contributed by atoms with Crippen molar-refractivity contribution in [3.8, 4) is 10.4 Å². The summed E-state index contributed by atoms with van der Waals surface area (Å²) in [6.07, 6.45) is 5.36. The first-order chi connectivity index (χ1) is 47.2. The van der Waals surface area contributed by atoms with Gasteiger partial charge < -0.3 is 35.8 Å². The number of likely N-dealkylation sites (tertiary alicyclic amines) is 1. The van der Waals surface area contributed by atoms with Gasteiger partial charge in [-0.15, -0.1) is 23.1 Å². The first-order valence-electron chi connectivity index (χ1n) is 34.0. The number of alkyl halides is 3. The SMILES string of the molecule is Cc1ncsc1-c1ccc([C@H](C)NC(=O)[C@@H]2C[C@@H](O)CN2C(=O)C(NC(=O)CCCCCCN(C)CCC(CSc2ccccc2)Nc2ccc(S(=O)(=O)NC(=O)c3ccc(N4CCN(CC5=C(c6ccc(Cl)cc6)CCC(C)(C)C5)CC4)cc3)cc2S(=O)(=O)C(F)(F)F)C(C)(C)C)cc1. The maximum absolute atomic E-state index is 14.6. The van der Waals surface area contributed by atoms with Crippen molar-refractivity contribution >= 4 is 95.1 Å². The predicted octanol–water partition coefficient (Wildman–Crippen LogP) is 13.2. The molecule has 9 rings (SSSR count). The highest BCUT2D eigenvalue weighted by atomic mass is 35.5. The van der Waals surface area contributed by atoms with Gasteiger partial charge in [0.2, 0.25) is 17.7 Å². The topological polar surface area (TPSA) is 231 Å². The molecule has 18 nitrogen and oxygen atoms in total. The van der Waals surface area contributed by atoms with Crippen molar-refractivity contribution in [2.75, 3.05) is 75.4 Å². The van der Waals surface area contributed by atoms with E-state index < -0.39 is 94.3 Å². The van der Waals surface area contributed by atoms with Crippen LogP contribution in [0.2, 0.25) is 5.02 Å². The van der Waals surface area contributed by atoms with Crippen molar-refractivity contribution in [1.29, 1.82) is 0 Å². The number of halogens is 4. The number of carbonyl (C=O) groups excluding carboxylic acids is 4. The minimum Gasteiger partial charge on any atom is -0.391 e. The van der Waals surface area contributed by atoms with Crippen molar-refractivity contribution in [2.24, 2.45) is 10.8 Å². The van der Waals surface area contributed by atoms with Gasteiger partial charge in [0, 0.05) is 85.1 Å². The number of sulfonamides is 1. The molecule has 540 valence electrons. The van der Waals surface area contributed by atoms with E-state index in [1.54, 1.807) is 29.0 Å². The zero-order valence-electron chi connectivity index (χ0n) is 58.0. The molecule has 2 saturated heterocycles. The summed E-state index contributed by atoms with van der Waals surface area (Å²) in [7, 11) is -9.21. The minimum absolute atomic E-state index is 0.0359. The summed E-state index contributed by atoms with van der Waals surface area (Å²) >= 11 is 9.18. The number of aliphatic hydroxyl groups excluding tert-OH is 1. The van der Waals surface area contributed by atoms with Crippen LogP contribution in [0.4, 0.5) is 24.5 Å². The van der Waals surface area contributed by atoms with Crippen LogP contribution in [-0.2, 0) is 34.2 Å². The second-order valence-corrected chi connectivity index (χ2v) is 34.4. The third kappa shape index (κ3) is 20.5. The Bertz CT molecular complexity index is 4070. The Balaban J connectivity index is 0.761. The molecule has 5 aromatic carbocycles. The minimum atomic E-state index is -6.17. The number of rotatable bonds is 29. The van der Waals surface area contributed by atoms with Crippen LogP contribution in [0.5, 0.6) is 0 Å². The fraction of sp³-hybridized carbons (Fsp3) is 0.473. The summed E-state index contributed by atoms with van der Waals surface area (Å²) in [6.45, 7) is 18.7. The third-order valence-corrected chi connectivity index (χ3v) is 24.2. The maximum atomic E-state index is 14.6. The van der Waals surface area contributed by atoms with Gasteiger partial charge in [-0.1, -0.05) is 119 Å². The van der Waals surface area contributed by atoms with E-state index >= 15 is 0 Å². The number of hydrogen-bond donors (Lipinski definition) is 5. The van der Waals surface area contributed by atoms with Crippen molar-refractivity contribution in [3.05, 3.63) is 160 Å². The van der Waals surface area contributed by atoms with Crippen molar-refractivity contribution in [3.63, 3.8) is 0 Å². The van der Waals surface area contributed by atoms with Gasteiger partial charge >= 0.3 is 5.51 Å². The number of piperazine rings is 1. The van der Waals surface area contributed by atoms with Crippen LogP contribution in [0.25, 0.3) is 16.0 Å². The standard InChI is InChI=1S/C74H93ClF3N9O9S4/c1-49(51-19-21-53(22-20-51)67-50(2)79-48-98-67)80-70(91)64-42-59(88)46-87(64)71(92)68(72(3,4)5)82-66(89)18-14-9-10-15-36-84(8)37-34-57(47-97-60-16-12-11-13-17-60)81-63-32-31-61(43-65(63)99(93,94)74(76,77)78)100(95,96)83-69(90)54-25-29-58(30-26-54)86-40-38-85(39-41-86)45-55-44-73(6,7)35-33-62(55)52-23-27-56(75)28-24-52/h11-13,16-17,19-32,43,48-49,57,59,64,68,81,88H,9-10,14-15,18,33-42,44-47H2,1-8H3,(H,80,91)(H,82,89)(H,83,90)/t49-,57?,59+,64-,68?/m0/s1. The fourth-order valence-electron chi connectivity index (χ4n) is 13.1. The molecule has 3 aliphatic rings. The number of thiazole rings is 1. The maximum Gasteiger partial charge on any atom is 0.501 e. The number of β-amino-alcohol motifs (C(OH)–C–C–N with tert-alkyl or cyclic N) is 1. The Labute approximate surface area is 600 Å². The van der Waals surface area contributed by atoms with E-state index in [9.17, 15) is 54.3 Å². The number of nitrogens with zero attached hydrogens (tertiary/aromatic N) is 5. The second-order valence-electron chi connectivity index (χ2n) is 28.4. The average molecular weight is 1470 g/mol. The summed E-state index contributed by atoms with van der Waals surface area (Å²) < 4.78 is 100. The molecule has 5 N–H and O–H groups in total. The first-order valence-corrected chi connectivity index (χ1v) is 39.2. The Morgan fingerprint density at radius 1 is 0.840 bits per heavy atom. The van der Waals surface area contributed by atoms with Gasteiger partial charge in [-0.25, -0.2) is 26.5 Å². The third-order valence-electron chi connectivity index (χ3n) is 18.9. The molecule has 100 heavy (non-hydrogen) atoms. The number of aliphatic hydroxyl groups is 1. The first kappa shape index (κ1) is 77.3. The number of aromatic nitrogens is 1. The molecule has 2 unspecified atom stereocenters. The number of benzene rings is 5. The van der Waals surface area contributed by atoms with Crippen LogP contribution in [0, 0.1) is 17.8 Å². The van der Waals surface area contributed by atoms with Crippen LogP contribution >= 0.6 is 34.7 Å². The van der Waals surface area contributed by atoms with E-state index in [0.717, 1.165) is 96.2 Å². The van der Waals surface area contributed by atoms with E-state index in [1.165, 1.54) is 45.5 Å².